The Labute approximate surface area is 126 Å². The zero-order valence-corrected chi connectivity index (χ0v) is 12.5. The van der Waals surface area contributed by atoms with Gasteiger partial charge in [0.25, 0.3) is 0 Å². The summed E-state index contributed by atoms with van der Waals surface area (Å²) in [5.74, 6) is 0.570. The highest BCUT2D eigenvalue weighted by Gasteiger charge is 2.31. The summed E-state index contributed by atoms with van der Waals surface area (Å²) in [5, 5.41) is 3.63. The highest BCUT2D eigenvalue weighted by atomic mass is 32.1. The quantitative estimate of drug-likeness (QED) is 0.802. The molecule has 0 aromatic carbocycles. The molecule has 1 aliphatic heterocycles. The van der Waals surface area contributed by atoms with E-state index in [1.165, 1.54) is 6.07 Å². The summed E-state index contributed by atoms with van der Waals surface area (Å²) in [5.41, 5.74) is -0.723. The summed E-state index contributed by atoms with van der Waals surface area (Å²) in [6.45, 7) is 2.99. The molecule has 0 unspecified atom stereocenters. The van der Waals surface area contributed by atoms with Crippen LogP contribution in [0, 0.1) is 0 Å². The van der Waals surface area contributed by atoms with Crippen LogP contribution in [0.4, 0.5) is 19.0 Å². The second-order valence-electron chi connectivity index (χ2n) is 4.79. The first kappa shape index (κ1) is 15.8. The third kappa shape index (κ3) is 3.96. The molecule has 0 radical (unpaired) electrons. The Balaban J connectivity index is 2.04. The van der Waals surface area contributed by atoms with E-state index in [-0.39, 0.29) is 0 Å². The van der Waals surface area contributed by atoms with Crippen molar-refractivity contribution in [1.29, 1.82) is 0 Å². The van der Waals surface area contributed by atoms with Gasteiger partial charge in [0.1, 0.15) is 5.82 Å². The van der Waals surface area contributed by atoms with Gasteiger partial charge in [-0.15, -0.1) is 0 Å². The lowest BCUT2D eigenvalue weighted by atomic mass is 10.2. The molecule has 0 spiro atoms. The van der Waals surface area contributed by atoms with Crippen molar-refractivity contribution in [2.45, 2.75) is 12.6 Å². The van der Waals surface area contributed by atoms with Crippen LogP contribution in [0.25, 0.3) is 0 Å². The van der Waals surface area contributed by atoms with Crippen molar-refractivity contribution in [3.8, 4) is 0 Å². The molecular formula is C13H17F3N4S. The molecule has 1 aliphatic rings. The maximum absolute atomic E-state index is 12.5. The molecule has 2 rings (SSSR count). The molecule has 2 heterocycles. The van der Waals surface area contributed by atoms with Crippen molar-refractivity contribution in [1.82, 2.24) is 15.2 Å². The second kappa shape index (κ2) is 6.46. The van der Waals surface area contributed by atoms with Crippen LogP contribution in [0.3, 0.4) is 0 Å². The van der Waals surface area contributed by atoms with Crippen molar-refractivity contribution < 1.29 is 13.2 Å². The third-order valence-electron chi connectivity index (χ3n) is 3.40. The maximum atomic E-state index is 12.5. The fourth-order valence-corrected chi connectivity index (χ4v) is 2.43. The number of alkyl halides is 3. The number of hydrogen-bond donors (Lipinski definition) is 1. The minimum Gasteiger partial charge on any atom is -0.366 e. The fourth-order valence-electron chi connectivity index (χ4n) is 2.25. The predicted octanol–water partition coefficient (Wildman–Crippen LogP) is 2.12. The smallest absolute Gasteiger partial charge is 0.366 e. The third-order valence-corrected chi connectivity index (χ3v) is 3.86. The Morgan fingerprint density at radius 2 is 2.00 bits per heavy atom. The highest BCUT2D eigenvalue weighted by Crippen LogP contribution is 2.29. The SMILES string of the molecule is CNC(=S)N1CCCN(c2ccc(C(F)(F)F)cn2)CC1. The van der Waals surface area contributed by atoms with Gasteiger partial charge >= 0.3 is 6.18 Å². The van der Waals surface area contributed by atoms with Gasteiger partial charge in [0.2, 0.25) is 0 Å². The van der Waals surface area contributed by atoms with Crippen LogP contribution >= 0.6 is 12.2 Å². The zero-order chi connectivity index (χ0) is 15.5. The number of thiocarbonyl (C=S) groups is 1. The zero-order valence-electron chi connectivity index (χ0n) is 11.7. The summed E-state index contributed by atoms with van der Waals surface area (Å²) < 4.78 is 37.6. The summed E-state index contributed by atoms with van der Waals surface area (Å²) in [7, 11) is 1.78. The maximum Gasteiger partial charge on any atom is 0.417 e. The Bertz CT molecular complexity index is 489. The lowest BCUT2D eigenvalue weighted by molar-refractivity contribution is -0.137. The van der Waals surface area contributed by atoms with Gasteiger partial charge < -0.3 is 15.1 Å². The average Bonchev–Trinajstić information content (AvgIpc) is 2.71. The van der Waals surface area contributed by atoms with Crippen LogP contribution in [0.1, 0.15) is 12.0 Å². The lowest BCUT2D eigenvalue weighted by Crippen LogP contribution is -2.40. The average molecular weight is 318 g/mol. The molecule has 0 bridgehead atoms. The molecule has 1 N–H and O–H groups in total. The first-order valence-corrected chi connectivity index (χ1v) is 7.07. The van der Waals surface area contributed by atoms with E-state index in [0.717, 1.165) is 38.3 Å². The van der Waals surface area contributed by atoms with Crippen molar-refractivity contribution in [2.75, 3.05) is 38.1 Å². The van der Waals surface area contributed by atoms with E-state index >= 15 is 0 Å². The van der Waals surface area contributed by atoms with Gasteiger partial charge in [0, 0.05) is 39.4 Å². The summed E-state index contributed by atoms with van der Waals surface area (Å²) in [6, 6.07) is 2.50. The molecular weight excluding hydrogens is 301 g/mol. The van der Waals surface area contributed by atoms with Crippen molar-refractivity contribution in [2.24, 2.45) is 0 Å². The van der Waals surface area contributed by atoms with E-state index in [4.69, 9.17) is 12.2 Å². The normalized spacial score (nSPS) is 16.6. The van der Waals surface area contributed by atoms with Crippen LogP contribution < -0.4 is 10.2 Å². The molecule has 116 valence electrons. The second-order valence-corrected chi connectivity index (χ2v) is 5.17. The molecule has 4 nitrogen and oxygen atoms in total. The van der Waals surface area contributed by atoms with E-state index in [1.807, 2.05) is 4.90 Å². The first-order valence-electron chi connectivity index (χ1n) is 6.66. The predicted molar refractivity (Wildman–Crippen MR) is 79.3 cm³/mol. The van der Waals surface area contributed by atoms with Gasteiger partial charge in [-0.1, -0.05) is 0 Å². The monoisotopic (exact) mass is 318 g/mol. The number of rotatable bonds is 1. The van der Waals surface area contributed by atoms with Gasteiger partial charge in [-0.25, -0.2) is 4.98 Å². The topological polar surface area (TPSA) is 31.4 Å². The summed E-state index contributed by atoms with van der Waals surface area (Å²) in [6.07, 6.45) is -2.58. The first-order chi connectivity index (χ1) is 9.91. The summed E-state index contributed by atoms with van der Waals surface area (Å²) >= 11 is 5.20. The number of nitrogens with one attached hydrogen (secondary N) is 1. The van der Waals surface area contributed by atoms with Gasteiger partial charge in [-0.3, -0.25) is 0 Å². The van der Waals surface area contributed by atoms with E-state index in [9.17, 15) is 13.2 Å². The van der Waals surface area contributed by atoms with Crippen LogP contribution in [-0.2, 0) is 6.18 Å². The van der Waals surface area contributed by atoms with Crippen LogP contribution in [-0.4, -0.2) is 48.2 Å². The van der Waals surface area contributed by atoms with Gasteiger partial charge in [0.15, 0.2) is 5.11 Å². The van der Waals surface area contributed by atoms with Crippen molar-refractivity contribution >= 4 is 23.1 Å². The molecule has 0 atom stereocenters. The molecule has 1 aromatic heterocycles. The van der Waals surface area contributed by atoms with Crippen LogP contribution in [0.2, 0.25) is 0 Å². The molecule has 1 fully saturated rings. The van der Waals surface area contributed by atoms with Gasteiger partial charge in [-0.2, -0.15) is 13.2 Å². The molecule has 0 aliphatic carbocycles. The Morgan fingerprint density at radius 1 is 1.24 bits per heavy atom. The number of pyridine rings is 1. The summed E-state index contributed by atoms with van der Waals surface area (Å²) in [4.78, 5) is 7.98. The van der Waals surface area contributed by atoms with Crippen LogP contribution in [0.5, 0.6) is 0 Å². The van der Waals surface area contributed by atoms with Gasteiger partial charge in [-0.05, 0) is 30.8 Å². The van der Waals surface area contributed by atoms with Crippen LogP contribution in [0.15, 0.2) is 18.3 Å². The van der Waals surface area contributed by atoms with Crippen molar-refractivity contribution in [3.05, 3.63) is 23.9 Å². The largest absolute Gasteiger partial charge is 0.417 e. The number of aromatic nitrogens is 1. The Kier molecular flexibility index (Phi) is 4.87. The molecule has 1 aromatic rings. The van der Waals surface area contributed by atoms with E-state index in [2.05, 4.69) is 15.2 Å². The lowest BCUT2D eigenvalue weighted by Gasteiger charge is -2.24. The molecule has 1 saturated heterocycles. The van der Waals surface area contributed by atoms with E-state index < -0.39 is 11.7 Å². The molecule has 21 heavy (non-hydrogen) atoms. The van der Waals surface area contributed by atoms with E-state index in [1.54, 1.807) is 7.05 Å². The standard InChI is InChI=1S/C13H17F3N4S/c1-17-12(21)20-6-2-5-19(7-8-20)11-4-3-10(9-18-11)13(14,15)16/h3-4,9H,2,5-8H2,1H3,(H,17,21). The Hall–Kier alpha value is -1.57. The number of anilines is 1. The minimum absolute atomic E-state index is 0.570. The number of hydrogen-bond acceptors (Lipinski definition) is 3. The minimum atomic E-state index is -4.35. The molecule has 8 heteroatoms. The number of nitrogens with zero attached hydrogens (tertiary/aromatic N) is 3. The van der Waals surface area contributed by atoms with Crippen molar-refractivity contribution in [3.63, 3.8) is 0 Å². The molecule has 0 amide bonds. The highest BCUT2D eigenvalue weighted by molar-refractivity contribution is 7.80. The fraction of sp³-hybridized carbons (Fsp3) is 0.538. The van der Waals surface area contributed by atoms with E-state index in [0.29, 0.717) is 17.5 Å². The Morgan fingerprint density at radius 3 is 2.57 bits per heavy atom. The van der Waals surface area contributed by atoms with Gasteiger partial charge in [0.05, 0.1) is 5.56 Å². The molecule has 0 saturated carbocycles. The number of halogens is 3.